The zero-order chi connectivity index (χ0) is 13.8. The lowest BCUT2D eigenvalue weighted by Crippen LogP contribution is -2.29. The average Bonchev–Trinajstić information content (AvgIpc) is 2.97. The van der Waals surface area contributed by atoms with Crippen molar-refractivity contribution < 1.29 is 4.79 Å². The minimum Gasteiger partial charge on any atom is -0.351 e. The van der Waals surface area contributed by atoms with Crippen LogP contribution in [-0.2, 0) is 0 Å². The summed E-state index contributed by atoms with van der Waals surface area (Å²) in [4.78, 5) is 16.3. The summed E-state index contributed by atoms with van der Waals surface area (Å²) in [7, 11) is 0. The number of ketones is 1. The third-order valence-electron chi connectivity index (χ3n) is 3.32. The lowest BCUT2D eigenvalue weighted by molar-refractivity contribution is 0.0959. The van der Waals surface area contributed by atoms with Crippen LogP contribution in [0.4, 0.5) is 5.69 Å². The Bertz CT molecular complexity index is 607. The van der Waals surface area contributed by atoms with Crippen LogP contribution in [0.5, 0.6) is 0 Å². The van der Waals surface area contributed by atoms with E-state index < -0.39 is 0 Å². The summed E-state index contributed by atoms with van der Waals surface area (Å²) >= 11 is 0. The van der Waals surface area contributed by atoms with Crippen LogP contribution in [0, 0.1) is 0 Å². The van der Waals surface area contributed by atoms with E-state index >= 15 is 0 Å². The molecule has 1 heterocycles. The normalized spacial score (nSPS) is 13.8. The topological polar surface area (TPSA) is 23.6 Å². The molecule has 1 aliphatic rings. The van der Waals surface area contributed by atoms with Crippen LogP contribution in [0.1, 0.15) is 10.4 Å². The van der Waals surface area contributed by atoms with Crippen LogP contribution in [0.25, 0.3) is 0 Å². The molecular formula is C17H16N2O. The first kappa shape index (κ1) is 12.5. The van der Waals surface area contributed by atoms with E-state index in [0.717, 1.165) is 11.3 Å². The summed E-state index contributed by atoms with van der Waals surface area (Å²) in [5, 5.41) is 0. The Morgan fingerprint density at radius 1 is 0.900 bits per heavy atom. The molecule has 0 saturated heterocycles. The van der Waals surface area contributed by atoms with E-state index in [4.69, 9.17) is 0 Å². The Balaban J connectivity index is 1.62. The highest BCUT2D eigenvalue weighted by Gasteiger charge is 2.16. The maximum atomic E-state index is 12.1. The SMILES string of the molecule is O=C(CN1C=CN(c2ccccc2)C1)c1ccccc1. The van der Waals surface area contributed by atoms with Crippen molar-refractivity contribution in [3.05, 3.63) is 78.6 Å². The molecule has 0 spiro atoms. The quantitative estimate of drug-likeness (QED) is 0.793. The molecule has 0 unspecified atom stereocenters. The predicted octanol–water partition coefficient (Wildman–Crippen LogP) is 3.12. The third kappa shape index (κ3) is 2.72. The number of hydrogen-bond acceptors (Lipinski definition) is 3. The van der Waals surface area contributed by atoms with Gasteiger partial charge in [0.15, 0.2) is 5.78 Å². The molecular weight excluding hydrogens is 248 g/mol. The van der Waals surface area contributed by atoms with E-state index in [0.29, 0.717) is 13.2 Å². The van der Waals surface area contributed by atoms with Gasteiger partial charge in [0.05, 0.1) is 13.2 Å². The highest BCUT2D eigenvalue weighted by Crippen LogP contribution is 2.18. The van der Waals surface area contributed by atoms with Gasteiger partial charge in [-0.15, -0.1) is 0 Å². The summed E-state index contributed by atoms with van der Waals surface area (Å²) in [6.07, 6.45) is 3.97. The predicted molar refractivity (Wildman–Crippen MR) is 80.4 cm³/mol. The summed E-state index contributed by atoms with van der Waals surface area (Å²) in [6, 6.07) is 19.6. The second kappa shape index (κ2) is 5.61. The minimum absolute atomic E-state index is 0.144. The molecule has 0 saturated carbocycles. The molecule has 3 heteroatoms. The number of Topliss-reactive ketones (excluding diaryl/α,β-unsaturated/α-hetero) is 1. The average molecular weight is 264 g/mol. The second-order valence-corrected chi connectivity index (χ2v) is 4.78. The molecule has 3 nitrogen and oxygen atoms in total. The summed E-state index contributed by atoms with van der Waals surface area (Å²) in [5.74, 6) is 0.144. The van der Waals surface area contributed by atoms with Crippen LogP contribution >= 0.6 is 0 Å². The monoisotopic (exact) mass is 264 g/mol. The molecule has 2 aromatic carbocycles. The molecule has 0 aromatic heterocycles. The van der Waals surface area contributed by atoms with Crippen LogP contribution < -0.4 is 4.90 Å². The Hall–Kier alpha value is -2.55. The Morgan fingerprint density at radius 3 is 2.25 bits per heavy atom. The van der Waals surface area contributed by atoms with E-state index in [9.17, 15) is 4.79 Å². The van der Waals surface area contributed by atoms with Crippen LogP contribution in [-0.4, -0.2) is 23.9 Å². The van der Waals surface area contributed by atoms with Gasteiger partial charge in [-0.05, 0) is 12.1 Å². The van der Waals surface area contributed by atoms with Gasteiger partial charge in [0, 0.05) is 23.7 Å². The van der Waals surface area contributed by atoms with Gasteiger partial charge in [-0.3, -0.25) is 4.79 Å². The Morgan fingerprint density at radius 2 is 1.55 bits per heavy atom. The van der Waals surface area contributed by atoms with Crippen molar-refractivity contribution >= 4 is 11.5 Å². The van der Waals surface area contributed by atoms with Crippen molar-refractivity contribution in [2.75, 3.05) is 18.1 Å². The molecule has 100 valence electrons. The molecule has 2 aromatic rings. The Labute approximate surface area is 118 Å². The summed E-state index contributed by atoms with van der Waals surface area (Å²) < 4.78 is 0. The van der Waals surface area contributed by atoms with Gasteiger partial charge < -0.3 is 9.80 Å². The van der Waals surface area contributed by atoms with Gasteiger partial charge in [0.2, 0.25) is 0 Å². The number of para-hydroxylation sites is 1. The fourth-order valence-electron chi connectivity index (χ4n) is 2.25. The van der Waals surface area contributed by atoms with Crippen molar-refractivity contribution in [1.29, 1.82) is 0 Å². The zero-order valence-electron chi connectivity index (χ0n) is 11.1. The standard InChI is InChI=1S/C17H16N2O/c20-17(15-7-3-1-4-8-15)13-18-11-12-19(14-18)16-9-5-2-6-10-16/h1-12H,13-14H2. The van der Waals surface area contributed by atoms with Crippen molar-refractivity contribution in [2.24, 2.45) is 0 Å². The lowest BCUT2D eigenvalue weighted by atomic mass is 10.1. The number of benzene rings is 2. The first-order valence-corrected chi connectivity index (χ1v) is 6.65. The summed E-state index contributed by atoms with van der Waals surface area (Å²) in [5.41, 5.74) is 1.90. The van der Waals surface area contributed by atoms with Crippen LogP contribution in [0.3, 0.4) is 0 Å². The van der Waals surface area contributed by atoms with E-state index in [-0.39, 0.29) is 5.78 Å². The maximum absolute atomic E-state index is 12.1. The van der Waals surface area contributed by atoms with E-state index in [1.54, 1.807) is 0 Å². The number of anilines is 1. The van der Waals surface area contributed by atoms with Crippen molar-refractivity contribution in [2.45, 2.75) is 0 Å². The molecule has 0 fully saturated rings. The molecule has 3 rings (SSSR count). The summed E-state index contributed by atoms with van der Waals surface area (Å²) in [6.45, 7) is 1.12. The number of rotatable bonds is 4. The molecule has 0 aliphatic carbocycles. The van der Waals surface area contributed by atoms with E-state index in [1.807, 2.05) is 65.8 Å². The highest BCUT2D eigenvalue weighted by atomic mass is 16.1. The molecule has 0 atom stereocenters. The number of carbonyl (C=O) groups is 1. The highest BCUT2D eigenvalue weighted by molar-refractivity contribution is 5.97. The smallest absolute Gasteiger partial charge is 0.182 e. The maximum Gasteiger partial charge on any atom is 0.182 e. The largest absolute Gasteiger partial charge is 0.351 e. The first-order chi connectivity index (χ1) is 9.83. The molecule has 0 bridgehead atoms. The number of hydrogen-bond donors (Lipinski definition) is 0. The minimum atomic E-state index is 0.144. The van der Waals surface area contributed by atoms with E-state index in [2.05, 4.69) is 17.0 Å². The molecule has 20 heavy (non-hydrogen) atoms. The third-order valence-corrected chi connectivity index (χ3v) is 3.32. The number of nitrogens with zero attached hydrogens (tertiary/aromatic N) is 2. The molecule has 1 aliphatic heterocycles. The van der Waals surface area contributed by atoms with Crippen LogP contribution in [0.15, 0.2) is 73.1 Å². The fourth-order valence-corrected chi connectivity index (χ4v) is 2.25. The van der Waals surface area contributed by atoms with Gasteiger partial charge in [-0.2, -0.15) is 0 Å². The molecule has 0 radical (unpaired) electrons. The van der Waals surface area contributed by atoms with Gasteiger partial charge >= 0.3 is 0 Å². The van der Waals surface area contributed by atoms with Crippen LogP contribution in [0.2, 0.25) is 0 Å². The molecule has 0 amide bonds. The molecule has 0 N–H and O–H groups in total. The van der Waals surface area contributed by atoms with Gasteiger partial charge in [-0.1, -0.05) is 48.5 Å². The fraction of sp³-hybridized carbons (Fsp3) is 0.118. The van der Waals surface area contributed by atoms with Gasteiger partial charge in [0.25, 0.3) is 0 Å². The van der Waals surface area contributed by atoms with Gasteiger partial charge in [0.1, 0.15) is 0 Å². The Kier molecular flexibility index (Phi) is 3.50. The van der Waals surface area contributed by atoms with Gasteiger partial charge in [-0.25, -0.2) is 0 Å². The second-order valence-electron chi connectivity index (χ2n) is 4.78. The van der Waals surface area contributed by atoms with Crippen molar-refractivity contribution in [3.8, 4) is 0 Å². The zero-order valence-corrected chi connectivity index (χ0v) is 11.1. The first-order valence-electron chi connectivity index (χ1n) is 6.65. The number of carbonyl (C=O) groups excluding carboxylic acids is 1. The van der Waals surface area contributed by atoms with E-state index in [1.165, 1.54) is 0 Å². The van der Waals surface area contributed by atoms with Crippen molar-refractivity contribution in [3.63, 3.8) is 0 Å². The van der Waals surface area contributed by atoms with Crippen molar-refractivity contribution in [1.82, 2.24) is 4.90 Å². The lowest BCUT2D eigenvalue weighted by Gasteiger charge is -2.20.